The summed E-state index contributed by atoms with van der Waals surface area (Å²) in [7, 11) is -4.16. The average Bonchev–Trinajstić information content (AvgIpc) is 2.64. The zero-order valence-corrected chi connectivity index (χ0v) is 19.5. The van der Waals surface area contributed by atoms with Gasteiger partial charge >= 0.3 is 0 Å². The highest BCUT2D eigenvalue weighted by Crippen LogP contribution is 2.19. The average molecular weight is 421 g/mol. The Balaban J connectivity index is 3.60. The van der Waals surface area contributed by atoms with Gasteiger partial charge in [0.05, 0.1) is 6.10 Å². The third-order valence-electron chi connectivity index (χ3n) is 5.76. The molecule has 4 nitrogen and oxygen atoms in total. The molecule has 0 aromatic carbocycles. The van der Waals surface area contributed by atoms with Gasteiger partial charge in [0.1, 0.15) is 5.25 Å². The normalized spacial score (nSPS) is 14.3. The lowest BCUT2D eigenvalue weighted by atomic mass is 10.0. The van der Waals surface area contributed by atoms with E-state index >= 15 is 0 Å². The van der Waals surface area contributed by atoms with E-state index in [1.54, 1.807) is 0 Å². The zero-order valence-electron chi connectivity index (χ0n) is 18.7. The molecule has 0 aromatic rings. The number of hydrogen-bond donors (Lipinski definition) is 2. The monoisotopic (exact) mass is 420 g/mol. The van der Waals surface area contributed by atoms with E-state index < -0.39 is 21.5 Å². The molecule has 0 saturated carbocycles. The van der Waals surface area contributed by atoms with Crippen molar-refractivity contribution in [2.24, 2.45) is 0 Å². The summed E-state index contributed by atoms with van der Waals surface area (Å²) in [4.78, 5) is 0. The molecule has 0 bridgehead atoms. The van der Waals surface area contributed by atoms with Crippen LogP contribution in [0.15, 0.2) is 0 Å². The van der Waals surface area contributed by atoms with Crippen LogP contribution in [-0.2, 0) is 10.1 Å². The molecular formula is C23H48O4S. The highest BCUT2D eigenvalue weighted by molar-refractivity contribution is 7.86. The Morgan fingerprint density at radius 1 is 0.571 bits per heavy atom. The second-order valence-corrected chi connectivity index (χ2v) is 10.1. The first-order valence-electron chi connectivity index (χ1n) is 12.1. The highest BCUT2D eigenvalue weighted by atomic mass is 32.2. The maximum absolute atomic E-state index is 11.5. The van der Waals surface area contributed by atoms with Gasteiger partial charge in [-0.15, -0.1) is 0 Å². The molecule has 0 radical (unpaired) electrons. The summed E-state index contributed by atoms with van der Waals surface area (Å²) in [5, 5.41) is 9.18. The van der Waals surface area contributed by atoms with Crippen molar-refractivity contribution in [1.82, 2.24) is 0 Å². The number of unbranched alkanes of at least 4 members (excludes halogenated alkanes) is 15. The first-order chi connectivity index (χ1) is 13.4. The van der Waals surface area contributed by atoms with Gasteiger partial charge in [-0.25, -0.2) is 0 Å². The van der Waals surface area contributed by atoms with Crippen molar-refractivity contribution >= 4 is 10.1 Å². The van der Waals surface area contributed by atoms with Crippen LogP contribution >= 0.6 is 0 Å². The summed E-state index contributed by atoms with van der Waals surface area (Å²) in [5.41, 5.74) is 0. The van der Waals surface area contributed by atoms with Crippen molar-refractivity contribution in [3.8, 4) is 0 Å². The first kappa shape index (κ1) is 27.9. The fourth-order valence-electron chi connectivity index (χ4n) is 3.87. The number of aliphatic hydroxyl groups excluding tert-OH is 1. The van der Waals surface area contributed by atoms with Crippen molar-refractivity contribution < 1.29 is 18.1 Å². The molecule has 2 unspecified atom stereocenters. The van der Waals surface area contributed by atoms with Crippen LogP contribution in [0.5, 0.6) is 0 Å². The van der Waals surface area contributed by atoms with Gasteiger partial charge in [-0.2, -0.15) is 8.42 Å². The molecular weight excluding hydrogens is 372 g/mol. The van der Waals surface area contributed by atoms with E-state index in [9.17, 15) is 18.1 Å². The van der Waals surface area contributed by atoms with Gasteiger partial charge in [0, 0.05) is 0 Å². The Labute approximate surface area is 175 Å². The third kappa shape index (κ3) is 16.8. The summed E-state index contributed by atoms with van der Waals surface area (Å²) < 4.78 is 32.4. The lowest BCUT2D eigenvalue weighted by Crippen LogP contribution is -2.33. The lowest BCUT2D eigenvalue weighted by molar-refractivity contribution is 0.146. The van der Waals surface area contributed by atoms with Gasteiger partial charge in [0.2, 0.25) is 0 Å². The van der Waals surface area contributed by atoms with Gasteiger partial charge in [-0.3, -0.25) is 4.55 Å². The molecule has 2 atom stereocenters. The lowest BCUT2D eigenvalue weighted by Gasteiger charge is -2.20. The zero-order chi connectivity index (χ0) is 21.1. The molecule has 0 aliphatic carbocycles. The predicted molar refractivity (Wildman–Crippen MR) is 120 cm³/mol. The van der Waals surface area contributed by atoms with Crippen LogP contribution in [0.25, 0.3) is 0 Å². The quantitative estimate of drug-likeness (QED) is 0.154. The Morgan fingerprint density at radius 3 is 1.29 bits per heavy atom. The van der Waals surface area contributed by atoms with E-state index in [0.29, 0.717) is 12.8 Å². The Hall–Kier alpha value is -0.130. The third-order valence-corrected chi connectivity index (χ3v) is 7.07. The van der Waals surface area contributed by atoms with E-state index in [-0.39, 0.29) is 0 Å². The van der Waals surface area contributed by atoms with Crippen LogP contribution in [0.4, 0.5) is 0 Å². The van der Waals surface area contributed by atoms with Crippen LogP contribution in [-0.4, -0.2) is 29.4 Å². The van der Waals surface area contributed by atoms with Crippen LogP contribution in [0.1, 0.15) is 136 Å². The molecule has 0 aliphatic heterocycles. The topological polar surface area (TPSA) is 74.6 Å². The van der Waals surface area contributed by atoms with E-state index in [1.165, 1.54) is 70.6 Å². The van der Waals surface area contributed by atoms with E-state index in [0.717, 1.165) is 38.5 Å². The van der Waals surface area contributed by atoms with E-state index in [1.807, 2.05) is 6.92 Å². The second kappa shape index (κ2) is 18.9. The highest BCUT2D eigenvalue weighted by Gasteiger charge is 2.29. The number of aliphatic hydroxyl groups is 1. The summed E-state index contributed by atoms with van der Waals surface area (Å²) in [5.74, 6) is 0. The summed E-state index contributed by atoms with van der Waals surface area (Å²) in [6, 6.07) is 0. The van der Waals surface area contributed by atoms with Crippen molar-refractivity contribution in [3.05, 3.63) is 0 Å². The van der Waals surface area contributed by atoms with Crippen molar-refractivity contribution in [1.29, 1.82) is 0 Å². The molecule has 0 aliphatic rings. The molecule has 0 heterocycles. The summed E-state index contributed by atoms with van der Waals surface area (Å²) in [6.07, 6.45) is 20.4. The Kier molecular flexibility index (Phi) is 18.8. The standard InChI is InChI=1S/C23H48O4S/c1-3-5-7-8-9-10-11-12-13-14-15-16-17-19-20-22(24)23(28(25,26)27)21-18-6-4-2/h22-24H,3-21H2,1-2H3,(H,25,26,27). The minimum Gasteiger partial charge on any atom is -0.392 e. The Morgan fingerprint density at radius 2 is 0.893 bits per heavy atom. The van der Waals surface area contributed by atoms with Crippen LogP contribution in [0.3, 0.4) is 0 Å². The molecule has 170 valence electrons. The SMILES string of the molecule is CCCCCCCCCCCCCCCCC(O)C(CCCCC)S(=O)(=O)O. The minimum absolute atomic E-state index is 0.354. The summed E-state index contributed by atoms with van der Waals surface area (Å²) in [6.45, 7) is 4.31. The number of hydrogen-bond acceptors (Lipinski definition) is 3. The van der Waals surface area contributed by atoms with Gasteiger partial charge in [0.25, 0.3) is 10.1 Å². The smallest absolute Gasteiger partial charge is 0.270 e. The minimum atomic E-state index is -4.16. The van der Waals surface area contributed by atoms with E-state index in [2.05, 4.69) is 6.92 Å². The van der Waals surface area contributed by atoms with Gasteiger partial charge in [0.15, 0.2) is 0 Å². The van der Waals surface area contributed by atoms with E-state index in [4.69, 9.17) is 0 Å². The maximum Gasteiger partial charge on any atom is 0.270 e. The molecule has 0 spiro atoms. The fraction of sp³-hybridized carbons (Fsp3) is 1.00. The fourth-order valence-corrected chi connectivity index (χ4v) is 4.87. The second-order valence-electron chi connectivity index (χ2n) is 8.50. The van der Waals surface area contributed by atoms with Crippen LogP contribution in [0.2, 0.25) is 0 Å². The predicted octanol–water partition coefficient (Wildman–Crippen LogP) is 7.06. The van der Waals surface area contributed by atoms with Crippen molar-refractivity contribution in [2.75, 3.05) is 0 Å². The van der Waals surface area contributed by atoms with Crippen molar-refractivity contribution in [2.45, 2.75) is 147 Å². The molecule has 28 heavy (non-hydrogen) atoms. The Bertz CT molecular complexity index is 422. The maximum atomic E-state index is 11.5. The largest absolute Gasteiger partial charge is 0.392 e. The van der Waals surface area contributed by atoms with Gasteiger partial charge in [-0.1, -0.05) is 123 Å². The first-order valence-corrected chi connectivity index (χ1v) is 13.6. The molecule has 0 aromatic heterocycles. The van der Waals surface area contributed by atoms with Gasteiger partial charge in [-0.05, 0) is 12.8 Å². The summed E-state index contributed by atoms with van der Waals surface area (Å²) >= 11 is 0. The van der Waals surface area contributed by atoms with Crippen molar-refractivity contribution in [3.63, 3.8) is 0 Å². The molecule has 0 saturated heterocycles. The van der Waals surface area contributed by atoms with Crippen LogP contribution < -0.4 is 0 Å². The molecule has 2 N–H and O–H groups in total. The molecule has 0 fully saturated rings. The molecule has 0 amide bonds. The van der Waals surface area contributed by atoms with Gasteiger partial charge < -0.3 is 5.11 Å². The molecule has 5 heteroatoms. The van der Waals surface area contributed by atoms with Crippen LogP contribution in [0, 0.1) is 0 Å². The number of rotatable bonds is 21. The molecule has 0 rings (SSSR count).